The van der Waals surface area contributed by atoms with Gasteiger partial charge in [-0.1, -0.05) is 24.6 Å². The molecular weight excluding hydrogens is 274 g/mol. The monoisotopic (exact) mass is 295 g/mol. The van der Waals surface area contributed by atoms with E-state index in [4.69, 9.17) is 5.11 Å². The lowest BCUT2D eigenvalue weighted by Gasteiger charge is -2.13. The van der Waals surface area contributed by atoms with Crippen LogP contribution in [0.2, 0.25) is 0 Å². The maximum absolute atomic E-state index is 11.9. The van der Waals surface area contributed by atoms with E-state index in [1.165, 1.54) is 17.3 Å². The Morgan fingerprint density at radius 1 is 1.25 bits per heavy atom. The largest absolute Gasteiger partial charge is 0.481 e. The van der Waals surface area contributed by atoms with Gasteiger partial charge in [-0.2, -0.15) is 11.8 Å². The number of thioether (sulfide) groups is 1. The molecule has 1 amide bonds. The number of carboxylic acid groups (broad SMARTS) is 1. The smallest absolute Gasteiger partial charge is 0.307 e. The standard InChI is InChI=1S/C15H21NO3S/c1-9-5-10(2)14(11(3)6-9)16-13(17)8-20-7-12(4)15(18)19/h5-6,12H,7-8H2,1-4H3,(H,16,17)(H,18,19). The SMILES string of the molecule is Cc1cc(C)c(NC(=O)CSCC(C)C(=O)O)c(C)c1. The Morgan fingerprint density at radius 3 is 2.30 bits per heavy atom. The number of hydrogen-bond donors (Lipinski definition) is 2. The molecule has 20 heavy (non-hydrogen) atoms. The van der Waals surface area contributed by atoms with Crippen molar-refractivity contribution in [3.05, 3.63) is 28.8 Å². The van der Waals surface area contributed by atoms with E-state index < -0.39 is 11.9 Å². The van der Waals surface area contributed by atoms with Crippen molar-refractivity contribution < 1.29 is 14.7 Å². The van der Waals surface area contributed by atoms with E-state index in [1.54, 1.807) is 6.92 Å². The van der Waals surface area contributed by atoms with Gasteiger partial charge < -0.3 is 10.4 Å². The molecule has 1 aromatic carbocycles. The van der Waals surface area contributed by atoms with E-state index in [0.29, 0.717) is 5.75 Å². The molecule has 0 fully saturated rings. The molecule has 0 heterocycles. The molecule has 0 bridgehead atoms. The fraction of sp³-hybridized carbons (Fsp3) is 0.467. The minimum absolute atomic E-state index is 0.0948. The lowest BCUT2D eigenvalue weighted by molar-refractivity contribution is -0.140. The van der Waals surface area contributed by atoms with Crippen LogP contribution in [-0.2, 0) is 9.59 Å². The van der Waals surface area contributed by atoms with Crippen molar-refractivity contribution in [1.82, 2.24) is 0 Å². The number of aryl methyl sites for hydroxylation is 3. The summed E-state index contributed by atoms with van der Waals surface area (Å²) in [5.41, 5.74) is 4.11. The number of carboxylic acids is 1. The third-order valence-corrected chi connectivity index (χ3v) is 4.17. The third kappa shape index (κ3) is 4.89. The maximum Gasteiger partial charge on any atom is 0.307 e. The molecule has 2 N–H and O–H groups in total. The molecule has 110 valence electrons. The summed E-state index contributed by atoms with van der Waals surface area (Å²) in [5.74, 6) is -0.652. The van der Waals surface area contributed by atoms with Crippen molar-refractivity contribution in [1.29, 1.82) is 0 Å². The van der Waals surface area contributed by atoms with Gasteiger partial charge in [0.25, 0.3) is 0 Å². The number of amides is 1. The average molecular weight is 295 g/mol. The Labute approximate surface area is 124 Å². The molecule has 0 aliphatic rings. The van der Waals surface area contributed by atoms with E-state index in [-0.39, 0.29) is 11.7 Å². The van der Waals surface area contributed by atoms with Gasteiger partial charge in [-0.05, 0) is 31.9 Å². The first-order valence-electron chi connectivity index (χ1n) is 6.49. The van der Waals surface area contributed by atoms with Gasteiger partial charge in [0.2, 0.25) is 5.91 Å². The van der Waals surface area contributed by atoms with E-state index in [1.807, 2.05) is 32.9 Å². The number of benzene rings is 1. The molecule has 4 nitrogen and oxygen atoms in total. The second kappa shape index (κ2) is 7.33. The number of nitrogens with one attached hydrogen (secondary N) is 1. The molecule has 0 radical (unpaired) electrons. The zero-order chi connectivity index (χ0) is 15.3. The maximum atomic E-state index is 11.9. The predicted molar refractivity (Wildman–Crippen MR) is 83.4 cm³/mol. The fourth-order valence-corrected chi connectivity index (χ4v) is 2.82. The molecule has 0 aliphatic carbocycles. The first-order chi connectivity index (χ1) is 9.31. The molecule has 0 saturated carbocycles. The summed E-state index contributed by atoms with van der Waals surface area (Å²) in [6, 6.07) is 4.06. The van der Waals surface area contributed by atoms with Crippen LogP contribution in [0.25, 0.3) is 0 Å². The van der Waals surface area contributed by atoms with Crippen LogP contribution in [0, 0.1) is 26.7 Å². The second-order valence-corrected chi connectivity index (χ2v) is 6.11. The summed E-state index contributed by atoms with van der Waals surface area (Å²) in [6.45, 7) is 7.60. The highest BCUT2D eigenvalue weighted by Gasteiger charge is 2.13. The lowest BCUT2D eigenvalue weighted by Crippen LogP contribution is -2.18. The van der Waals surface area contributed by atoms with E-state index in [0.717, 1.165) is 16.8 Å². The summed E-state index contributed by atoms with van der Waals surface area (Å²) in [6.07, 6.45) is 0. The van der Waals surface area contributed by atoms with Crippen LogP contribution in [0.15, 0.2) is 12.1 Å². The third-order valence-electron chi connectivity index (χ3n) is 2.96. The molecule has 1 aromatic rings. The Balaban J connectivity index is 2.53. The Morgan fingerprint density at radius 2 is 1.80 bits per heavy atom. The van der Waals surface area contributed by atoms with Gasteiger partial charge in [-0.3, -0.25) is 9.59 Å². The molecular formula is C15H21NO3S. The molecule has 0 saturated heterocycles. The highest BCUT2D eigenvalue weighted by Crippen LogP contribution is 2.22. The van der Waals surface area contributed by atoms with Gasteiger partial charge in [0.15, 0.2) is 0 Å². The van der Waals surface area contributed by atoms with Crippen LogP contribution in [-0.4, -0.2) is 28.5 Å². The Kier molecular flexibility index (Phi) is 6.07. The van der Waals surface area contributed by atoms with Crippen molar-refractivity contribution in [2.24, 2.45) is 5.92 Å². The number of carbonyl (C=O) groups excluding carboxylic acids is 1. The molecule has 1 unspecified atom stereocenters. The van der Waals surface area contributed by atoms with Crippen molar-refractivity contribution in [3.63, 3.8) is 0 Å². The second-order valence-electron chi connectivity index (χ2n) is 5.08. The van der Waals surface area contributed by atoms with Crippen molar-refractivity contribution >= 4 is 29.3 Å². The van der Waals surface area contributed by atoms with Gasteiger partial charge in [0.1, 0.15) is 0 Å². The molecule has 0 aromatic heterocycles. The topological polar surface area (TPSA) is 66.4 Å². The van der Waals surface area contributed by atoms with Gasteiger partial charge in [0.05, 0.1) is 11.7 Å². The van der Waals surface area contributed by atoms with Crippen LogP contribution in [0.4, 0.5) is 5.69 Å². The number of hydrogen-bond acceptors (Lipinski definition) is 3. The van der Waals surface area contributed by atoms with E-state index >= 15 is 0 Å². The fourth-order valence-electron chi connectivity index (χ4n) is 1.95. The zero-order valence-corrected chi connectivity index (χ0v) is 13.1. The minimum Gasteiger partial charge on any atom is -0.481 e. The molecule has 0 aliphatic heterocycles. The summed E-state index contributed by atoms with van der Waals surface area (Å²) in [4.78, 5) is 22.5. The number of carbonyl (C=O) groups is 2. The summed E-state index contributed by atoms with van der Waals surface area (Å²) >= 11 is 1.34. The normalized spacial score (nSPS) is 12.0. The summed E-state index contributed by atoms with van der Waals surface area (Å²) < 4.78 is 0. The van der Waals surface area contributed by atoms with Gasteiger partial charge >= 0.3 is 5.97 Å². The van der Waals surface area contributed by atoms with Crippen molar-refractivity contribution in [3.8, 4) is 0 Å². The van der Waals surface area contributed by atoms with Crippen molar-refractivity contribution in [2.45, 2.75) is 27.7 Å². The highest BCUT2D eigenvalue weighted by atomic mass is 32.2. The van der Waals surface area contributed by atoms with Gasteiger partial charge in [0, 0.05) is 11.4 Å². The van der Waals surface area contributed by atoms with Crippen molar-refractivity contribution in [2.75, 3.05) is 16.8 Å². The van der Waals surface area contributed by atoms with Crippen LogP contribution >= 0.6 is 11.8 Å². The predicted octanol–water partition coefficient (Wildman–Crippen LogP) is 3.00. The number of aliphatic carboxylic acids is 1. The van der Waals surface area contributed by atoms with Crippen LogP contribution in [0.1, 0.15) is 23.6 Å². The quantitative estimate of drug-likeness (QED) is 0.846. The van der Waals surface area contributed by atoms with Crippen LogP contribution in [0.3, 0.4) is 0 Å². The van der Waals surface area contributed by atoms with E-state index in [9.17, 15) is 9.59 Å². The molecule has 5 heteroatoms. The molecule has 0 spiro atoms. The number of rotatable bonds is 6. The average Bonchev–Trinajstić information content (AvgIpc) is 2.33. The van der Waals surface area contributed by atoms with Gasteiger partial charge in [-0.25, -0.2) is 0 Å². The Hall–Kier alpha value is -1.49. The van der Waals surface area contributed by atoms with Gasteiger partial charge in [-0.15, -0.1) is 0 Å². The van der Waals surface area contributed by atoms with E-state index in [2.05, 4.69) is 5.32 Å². The lowest BCUT2D eigenvalue weighted by atomic mass is 10.1. The highest BCUT2D eigenvalue weighted by molar-refractivity contribution is 8.00. The molecule has 1 rings (SSSR count). The Bertz CT molecular complexity index is 491. The first kappa shape index (κ1) is 16.6. The zero-order valence-electron chi connectivity index (χ0n) is 12.3. The van der Waals surface area contributed by atoms with Crippen LogP contribution < -0.4 is 5.32 Å². The van der Waals surface area contributed by atoms with Crippen LogP contribution in [0.5, 0.6) is 0 Å². The number of anilines is 1. The first-order valence-corrected chi connectivity index (χ1v) is 7.65. The molecule has 1 atom stereocenters. The summed E-state index contributed by atoms with van der Waals surface area (Å²) in [7, 11) is 0. The minimum atomic E-state index is -0.830. The summed E-state index contributed by atoms with van der Waals surface area (Å²) in [5, 5.41) is 11.7.